The Morgan fingerprint density at radius 1 is 0.781 bits per heavy atom. The standard InChI is InChI=1S/C25H22F2N2O2Si/c1-32(2,3)16-15-17-7-4-5-10-22(17)29-25(31)21-9-6-8-20(23(21)27)24(30)28-19-13-11-18(26)12-14-19/h4-14H,1-3H3,(H,28,30)(H,29,31). The number of para-hydroxylation sites is 1. The van der Waals surface area contributed by atoms with Crippen LogP contribution in [0.2, 0.25) is 19.6 Å². The Morgan fingerprint density at radius 3 is 2.00 bits per heavy atom. The topological polar surface area (TPSA) is 58.2 Å². The van der Waals surface area contributed by atoms with Crippen LogP contribution >= 0.6 is 0 Å². The molecule has 0 aliphatic heterocycles. The third-order valence-corrected chi connectivity index (χ3v) is 5.21. The lowest BCUT2D eigenvalue weighted by atomic mass is 10.1. The van der Waals surface area contributed by atoms with Crippen LogP contribution in [0.25, 0.3) is 0 Å². The molecule has 0 fully saturated rings. The summed E-state index contributed by atoms with van der Waals surface area (Å²) in [5.74, 6) is 0.255. The smallest absolute Gasteiger partial charge is 0.258 e. The van der Waals surface area contributed by atoms with Crippen molar-refractivity contribution in [1.29, 1.82) is 0 Å². The predicted molar refractivity (Wildman–Crippen MR) is 125 cm³/mol. The number of carbonyl (C=O) groups excluding carboxylic acids is 2. The van der Waals surface area contributed by atoms with Crippen LogP contribution in [0, 0.1) is 23.1 Å². The Kier molecular flexibility index (Phi) is 6.86. The fraction of sp³-hybridized carbons (Fsp3) is 0.120. The molecule has 0 aliphatic carbocycles. The first-order valence-electron chi connectivity index (χ1n) is 9.93. The Bertz CT molecular complexity index is 1220. The van der Waals surface area contributed by atoms with E-state index < -0.39 is 31.5 Å². The first-order valence-corrected chi connectivity index (χ1v) is 13.4. The lowest BCUT2D eigenvalue weighted by molar-refractivity contribution is 0.102. The molecular formula is C25H22F2N2O2Si. The normalized spacial score (nSPS) is 10.7. The van der Waals surface area contributed by atoms with E-state index >= 15 is 4.39 Å². The molecule has 32 heavy (non-hydrogen) atoms. The molecule has 0 aliphatic rings. The zero-order valence-electron chi connectivity index (χ0n) is 17.9. The van der Waals surface area contributed by atoms with E-state index in [-0.39, 0.29) is 11.1 Å². The molecule has 4 nitrogen and oxygen atoms in total. The highest BCUT2D eigenvalue weighted by Crippen LogP contribution is 2.20. The Balaban J connectivity index is 1.84. The highest BCUT2D eigenvalue weighted by Gasteiger charge is 2.20. The fourth-order valence-corrected chi connectivity index (χ4v) is 3.27. The summed E-state index contributed by atoms with van der Waals surface area (Å²) in [6.07, 6.45) is 0. The predicted octanol–water partition coefficient (Wildman–Crippen LogP) is 5.70. The van der Waals surface area contributed by atoms with Gasteiger partial charge in [0.15, 0.2) is 0 Å². The molecule has 0 spiro atoms. The average Bonchev–Trinajstić information content (AvgIpc) is 2.74. The van der Waals surface area contributed by atoms with Crippen molar-refractivity contribution in [3.05, 3.63) is 95.1 Å². The maximum absolute atomic E-state index is 15.0. The van der Waals surface area contributed by atoms with Crippen LogP contribution in [0.15, 0.2) is 66.7 Å². The molecule has 2 N–H and O–H groups in total. The van der Waals surface area contributed by atoms with Crippen LogP contribution in [-0.2, 0) is 0 Å². The van der Waals surface area contributed by atoms with Crippen LogP contribution < -0.4 is 10.6 Å². The maximum atomic E-state index is 15.0. The SMILES string of the molecule is C[Si](C)(C)C#Cc1ccccc1NC(=O)c1cccc(C(=O)Nc2ccc(F)cc2)c1F. The molecule has 3 aromatic rings. The number of rotatable bonds is 4. The number of hydrogen-bond acceptors (Lipinski definition) is 2. The first kappa shape index (κ1) is 22.9. The highest BCUT2D eigenvalue weighted by molar-refractivity contribution is 6.83. The van der Waals surface area contributed by atoms with Crippen molar-refractivity contribution in [1.82, 2.24) is 0 Å². The van der Waals surface area contributed by atoms with E-state index in [0.717, 1.165) is 0 Å². The van der Waals surface area contributed by atoms with Gasteiger partial charge in [-0.05, 0) is 48.5 Å². The molecule has 0 heterocycles. The zero-order valence-corrected chi connectivity index (χ0v) is 18.9. The second-order valence-corrected chi connectivity index (χ2v) is 12.9. The van der Waals surface area contributed by atoms with E-state index in [0.29, 0.717) is 16.9 Å². The minimum atomic E-state index is -1.63. The van der Waals surface area contributed by atoms with Gasteiger partial charge in [0.1, 0.15) is 19.7 Å². The molecule has 162 valence electrons. The summed E-state index contributed by atoms with van der Waals surface area (Å²) in [6, 6.07) is 16.1. The summed E-state index contributed by atoms with van der Waals surface area (Å²) >= 11 is 0. The fourth-order valence-electron chi connectivity index (χ4n) is 2.76. The van der Waals surface area contributed by atoms with E-state index in [1.165, 1.54) is 42.5 Å². The van der Waals surface area contributed by atoms with Gasteiger partial charge in [-0.3, -0.25) is 9.59 Å². The van der Waals surface area contributed by atoms with Gasteiger partial charge in [-0.1, -0.05) is 43.8 Å². The molecule has 3 rings (SSSR count). The Labute approximate surface area is 186 Å². The number of anilines is 2. The summed E-state index contributed by atoms with van der Waals surface area (Å²) in [5, 5.41) is 5.18. The van der Waals surface area contributed by atoms with Crippen LogP contribution in [0.4, 0.5) is 20.2 Å². The molecule has 0 aromatic heterocycles. The number of halogens is 2. The number of amides is 2. The van der Waals surface area contributed by atoms with Gasteiger partial charge >= 0.3 is 0 Å². The van der Waals surface area contributed by atoms with E-state index in [4.69, 9.17) is 0 Å². The molecular weight excluding hydrogens is 426 g/mol. The van der Waals surface area contributed by atoms with Crippen LogP contribution in [0.1, 0.15) is 26.3 Å². The number of carbonyl (C=O) groups is 2. The van der Waals surface area contributed by atoms with Crippen LogP contribution in [0.5, 0.6) is 0 Å². The van der Waals surface area contributed by atoms with E-state index in [9.17, 15) is 14.0 Å². The minimum Gasteiger partial charge on any atom is -0.322 e. The van der Waals surface area contributed by atoms with Gasteiger partial charge in [-0.25, -0.2) is 8.78 Å². The van der Waals surface area contributed by atoms with Gasteiger partial charge < -0.3 is 10.6 Å². The second kappa shape index (κ2) is 9.58. The average molecular weight is 449 g/mol. The molecule has 0 atom stereocenters. The Morgan fingerprint density at radius 2 is 1.38 bits per heavy atom. The van der Waals surface area contributed by atoms with Gasteiger partial charge in [0.2, 0.25) is 0 Å². The highest BCUT2D eigenvalue weighted by atomic mass is 28.3. The first-order chi connectivity index (χ1) is 15.1. The lowest BCUT2D eigenvalue weighted by Crippen LogP contribution is -2.19. The van der Waals surface area contributed by atoms with Crippen molar-refractivity contribution in [2.75, 3.05) is 10.6 Å². The summed E-state index contributed by atoms with van der Waals surface area (Å²) in [6.45, 7) is 6.33. The molecule has 0 saturated heterocycles. The molecule has 2 amide bonds. The molecule has 0 bridgehead atoms. The monoisotopic (exact) mass is 448 g/mol. The van der Waals surface area contributed by atoms with E-state index in [1.54, 1.807) is 18.2 Å². The van der Waals surface area contributed by atoms with Gasteiger partial charge in [0.25, 0.3) is 11.8 Å². The number of nitrogens with one attached hydrogen (secondary N) is 2. The van der Waals surface area contributed by atoms with Crippen molar-refractivity contribution in [3.63, 3.8) is 0 Å². The summed E-state index contributed by atoms with van der Waals surface area (Å²) in [4.78, 5) is 25.3. The summed E-state index contributed by atoms with van der Waals surface area (Å²) in [7, 11) is -1.63. The zero-order chi connectivity index (χ0) is 23.3. The number of benzene rings is 3. The van der Waals surface area contributed by atoms with Gasteiger partial charge in [-0.15, -0.1) is 5.54 Å². The molecule has 3 aromatic carbocycles. The van der Waals surface area contributed by atoms with Gasteiger partial charge in [-0.2, -0.15) is 0 Å². The van der Waals surface area contributed by atoms with E-state index in [1.807, 2.05) is 6.07 Å². The lowest BCUT2D eigenvalue weighted by Gasteiger charge is -2.11. The summed E-state index contributed by atoms with van der Waals surface area (Å²) < 4.78 is 28.1. The molecule has 0 unspecified atom stereocenters. The van der Waals surface area contributed by atoms with E-state index in [2.05, 4.69) is 41.7 Å². The molecule has 0 radical (unpaired) electrons. The van der Waals surface area contributed by atoms with Crippen LogP contribution in [-0.4, -0.2) is 19.9 Å². The molecule has 0 saturated carbocycles. The quantitative estimate of drug-likeness (QED) is 0.397. The van der Waals surface area contributed by atoms with Gasteiger partial charge in [0, 0.05) is 11.3 Å². The Hall–Kier alpha value is -3.76. The van der Waals surface area contributed by atoms with Crippen molar-refractivity contribution in [2.24, 2.45) is 0 Å². The summed E-state index contributed by atoms with van der Waals surface area (Å²) in [5.41, 5.74) is 4.07. The largest absolute Gasteiger partial charge is 0.322 e. The van der Waals surface area contributed by atoms with Crippen molar-refractivity contribution in [2.45, 2.75) is 19.6 Å². The number of hydrogen-bond donors (Lipinski definition) is 2. The third kappa shape index (κ3) is 5.90. The van der Waals surface area contributed by atoms with Gasteiger partial charge in [0.05, 0.1) is 16.8 Å². The van der Waals surface area contributed by atoms with Crippen molar-refractivity contribution < 1.29 is 18.4 Å². The van der Waals surface area contributed by atoms with Crippen molar-refractivity contribution >= 4 is 31.3 Å². The van der Waals surface area contributed by atoms with Crippen molar-refractivity contribution in [3.8, 4) is 11.5 Å². The third-order valence-electron chi connectivity index (χ3n) is 4.34. The second-order valence-electron chi connectivity index (χ2n) is 8.13. The molecule has 7 heteroatoms. The van der Waals surface area contributed by atoms with Crippen LogP contribution in [0.3, 0.4) is 0 Å². The minimum absolute atomic E-state index is 0.273. The maximum Gasteiger partial charge on any atom is 0.258 e.